The van der Waals surface area contributed by atoms with Crippen LogP contribution in [-0.4, -0.2) is 0 Å². The van der Waals surface area contributed by atoms with Crippen LogP contribution in [0.25, 0.3) is 0 Å². The van der Waals surface area contributed by atoms with Crippen molar-refractivity contribution in [2.75, 3.05) is 0 Å². The first-order valence-electron chi connectivity index (χ1n) is 6.73. The van der Waals surface area contributed by atoms with Gasteiger partial charge in [0, 0.05) is 5.54 Å². The highest BCUT2D eigenvalue weighted by Gasteiger charge is 2.27. The van der Waals surface area contributed by atoms with Crippen LogP contribution in [0.4, 0.5) is 4.39 Å². The Hall–Kier alpha value is -1.67. The molecule has 2 aromatic rings. The molecule has 1 unspecified atom stereocenters. The van der Waals surface area contributed by atoms with Gasteiger partial charge in [0.1, 0.15) is 5.82 Å². The first-order valence-corrected chi connectivity index (χ1v) is 6.73. The monoisotopic (exact) mass is 257 g/mol. The molecule has 0 fully saturated rings. The average Bonchev–Trinajstić information content (AvgIpc) is 2.43. The van der Waals surface area contributed by atoms with E-state index < -0.39 is 5.54 Å². The maximum absolute atomic E-state index is 13.8. The van der Waals surface area contributed by atoms with Crippen LogP contribution >= 0.6 is 0 Å². The molecule has 0 saturated heterocycles. The summed E-state index contributed by atoms with van der Waals surface area (Å²) < 4.78 is 13.8. The van der Waals surface area contributed by atoms with E-state index in [4.69, 9.17) is 5.73 Å². The number of halogens is 1. The summed E-state index contributed by atoms with van der Waals surface area (Å²) in [5.41, 5.74) is 7.81. The highest BCUT2D eigenvalue weighted by atomic mass is 19.1. The number of hydrogen-bond acceptors (Lipinski definition) is 1. The Labute approximate surface area is 114 Å². The van der Waals surface area contributed by atoms with Gasteiger partial charge in [0.2, 0.25) is 0 Å². The third kappa shape index (κ3) is 3.21. The molecule has 1 atom stereocenters. The fraction of sp³-hybridized carbons (Fsp3) is 0.294. The summed E-state index contributed by atoms with van der Waals surface area (Å²) in [5, 5.41) is 0. The largest absolute Gasteiger partial charge is 0.321 e. The fourth-order valence-electron chi connectivity index (χ4n) is 2.53. The summed E-state index contributed by atoms with van der Waals surface area (Å²) in [6, 6.07) is 16.9. The van der Waals surface area contributed by atoms with E-state index in [-0.39, 0.29) is 5.82 Å². The van der Waals surface area contributed by atoms with Crippen LogP contribution in [0.3, 0.4) is 0 Å². The van der Waals surface area contributed by atoms with Gasteiger partial charge in [0.05, 0.1) is 0 Å². The second-order valence-corrected chi connectivity index (χ2v) is 5.04. The maximum atomic E-state index is 13.8. The van der Waals surface area contributed by atoms with Gasteiger partial charge in [-0.1, -0.05) is 61.9 Å². The van der Waals surface area contributed by atoms with Gasteiger partial charge in [-0.2, -0.15) is 0 Å². The lowest BCUT2D eigenvalue weighted by molar-refractivity contribution is 0.393. The van der Waals surface area contributed by atoms with Gasteiger partial charge in [0.25, 0.3) is 0 Å². The minimum Gasteiger partial charge on any atom is -0.321 e. The molecule has 2 rings (SSSR count). The average molecular weight is 257 g/mol. The highest BCUT2D eigenvalue weighted by molar-refractivity contribution is 5.29. The predicted octanol–water partition coefficient (Wildman–Crippen LogP) is 4.02. The highest BCUT2D eigenvalue weighted by Crippen LogP contribution is 2.28. The number of rotatable bonds is 5. The van der Waals surface area contributed by atoms with E-state index in [1.54, 1.807) is 6.07 Å². The molecule has 19 heavy (non-hydrogen) atoms. The Bertz CT molecular complexity index is 524. The fourth-order valence-corrected chi connectivity index (χ4v) is 2.53. The second kappa shape index (κ2) is 5.98. The van der Waals surface area contributed by atoms with Crippen LogP contribution in [0, 0.1) is 5.82 Å². The Morgan fingerprint density at radius 2 is 1.63 bits per heavy atom. The molecule has 2 N–H and O–H groups in total. The van der Waals surface area contributed by atoms with Crippen molar-refractivity contribution in [2.45, 2.75) is 31.7 Å². The lowest BCUT2D eigenvalue weighted by atomic mass is 9.81. The SMILES string of the molecule is CCCC(N)(Cc1ccccc1F)c1ccccc1. The summed E-state index contributed by atoms with van der Waals surface area (Å²) in [5.74, 6) is -0.177. The van der Waals surface area contributed by atoms with Gasteiger partial charge in [-0.25, -0.2) is 4.39 Å². The minimum atomic E-state index is -0.502. The Morgan fingerprint density at radius 1 is 1.00 bits per heavy atom. The Balaban J connectivity index is 2.33. The molecule has 100 valence electrons. The molecule has 0 aliphatic heterocycles. The first kappa shape index (κ1) is 13.8. The van der Waals surface area contributed by atoms with E-state index in [0.29, 0.717) is 12.0 Å². The van der Waals surface area contributed by atoms with Crippen molar-refractivity contribution in [3.8, 4) is 0 Å². The van der Waals surface area contributed by atoms with Crippen LogP contribution < -0.4 is 5.73 Å². The summed E-state index contributed by atoms with van der Waals surface area (Å²) in [7, 11) is 0. The molecule has 0 heterocycles. The normalized spacial score (nSPS) is 14.1. The Morgan fingerprint density at radius 3 is 2.26 bits per heavy atom. The van der Waals surface area contributed by atoms with Gasteiger partial charge in [-0.15, -0.1) is 0 Å². The number of benzene rings is 2. The molecule has 2 heteroatoms. The van der Waals surface area contributed by atoms with Gasteiger partial charge >= 0.3 is 0 Å². The van der Waals surface area contributed by atoms with E-state index in [1.165, 1.54) is 6.07 Å². The van der Waals surface area contributed by atoms with E-state index in [1.807, 2.05) is 42.5 Å². The zero-order valence-electron chi connectivity index (χ0n) is 11.3. The van der Waals surface area contributed by atoms with Crippen LogP contribution in [0.5, 0.6) is 0 Å². The van der Waals surface area contributed by atoms with Crippen LogP contribution in [0.1, 0.15) is 30.9 Å². The van der Waals surface area contributed by atoms with Crippen LogP contribution in [0.15, 0.2) is 54.6 Å². The van der Waals surface area contributed by atoms with E-state index in [0.717, 1.165) is 18.4 Å². The van der Waals surface area contributed by atoms with Gasteiger partial charge in [-0.3, -0.25) is 0 Å². The van der Waals surface area contributed by atoms with Gasteiger partial charge in [-0.05, 0) is 30.0 Å². The summed E-state index contributed by atoms with van der Waals surface area (Å²) in [6.07, 6.45) is 2.34. The molecule has 2 aromatic carbocycles. The van der Waals surface area contributed by atoms with Crippen LogP contribution in [0.2, 0.25) is 0 Å². The van der Waals surface area contributed by atoms with E-state index in [2.05, 4.69) is 6.92 Å². The molecule has 1 nitrogen and oxygen atoms in total. The molecule has 0 amide bonds. The van der Waals surface area contributed by atoms with E-state index in [9.17, 15) is 4.39 Å². The van der Waals surface area contributed by atoms with Gasteiger partial charge < -0.3 is 5.73 Å². The summed E-state index contributed by atoms with van der Waals surface area (Å²) in [6.45, 7) is 2.10. The Kier molecular flexibility index (Phi) is 4.33. The van der Waals surface area contributed by atoms with Crippen molar-refractivity contribution in [2.24, 2.45) is 5.73 Å². The molecule has 0 aliphatic carbocycles. The zero-order chi connectivity index (χ0) is 13.7. The predicted molar refractivity (Wildman–Crippen MR) is 77.3 cm³/mol. The van der Waals surface area contributed by atoms with Crippen molar-refractivity contribution >= 4 is 0 Å². The standard InChI is InChI=1S/C17H20FN/c1-2-12-17(19,15-9-4-3-5-10-15)13-14-8-6-7-11-16(14)18/h3-11H,2,12-13,19H2,1H3. The van der Waals surface area contributed by atoms with Gasteiger partial charge in [0.15, 0.2) is 0 Å². The third-order valence-electron chi connectivity index (χ3n) is 3.51. The van der Waals surface area contributed by atoms with Crippen molar-refractivity contribution in [3.05, 3.63) is 71.5 Å². The smallest absolute Gasteiger partial charge is 0.126 e. The molecule has 0 radical (unpaired) electrons. The molecular formula is C17H20FN. The second-order valence-electron chi connectivity index (χ2n) is 5.04. The van der Waals surface area contributed by atoms with Crippen molar-refractivity contribution in [1.29, 1.82) is 0 Å². The molecule has 0 spiro atoms. The molecule has 0 bridgehead atoms. The number of hydrogen-bond donors (Lipinski definition) is 1. The molecule has 0 aromatic heterocycles. The quantitative estimate of drug-likeness (QED) is 0.860. The maximum Gasteiger partial charge on any atom is 0.126 e. The third-order valence-corrected chi connectivity index (χ3v) is 3.51. The van der Waals surface area contributed by atoms with E-state index >= 15 is 0 Å². The van der Waals surface area contributed by atoms with Crippen molar-refractivity contribution < 1.29 is 4.39 Å². The van der Waals surface area contributed by atoms with Crippen molar-refractivity contribution in [3.63, 3.8) is 0 Å². The van der Waals surface area contributed by atoms with Crippen molar-refractivity contribution in [1.82, 2.24) is 0 Å². The lowest BCUT2D eigenvalue weighted by Crippen LogP contribution is -2.39. The zero-order valence-corrected chi connectivity index (χ0v) is 11.3. The van der Waals surface area contributed by atoms with Crippen LogP contribution in [-0.2, 0) is 12.0 Å². The summed E-state index contributed by atoms with van der Waals surface area (Å²) >= 11 is 0. The molecular weight excluding hydrogens is 237 g/mol. The summed E-state index contributed by atoms with van der Waals surface area (Å²) in [4.78, 5) is 0. The minimum absolute atomic E-state index is 0.177. The molecule has 0 saturated carbocycles. The topological polar surface area (TPSA) is 26.0 Å². The lowest BCUT2D eigenvalue weighted by Gasteiger charge is -2.30. The first-order chi connectivity index (χ1) is 9.15. The number of nitrogens with two attached hydrogens (primary N) is 1. The molecule has 0 aliphatic rings.